The van der Waals surface area contributed by atoms with E-state index in [1.807, 2.05) is 47.8 Å². The van der Waals surface area contributed by atoms with E-state index >= 15 is 0 Å². The van der Waals surface area contributed by atoms with Gasteiger partial charge in [-0.15, -0.1) is 0 Å². The van der Waals surface area contributed by atoms with Gasteiger partial charge in [0.15, 0.2) is 0 Å². The van der Waals surface area contributed by atoms with Crippen molar-refractivity contribution in [3.8, 4) is 0 Å². The van der Waals surface area contributed by atoms with Gasteiger partial charge in [0.1, 0.15) is 11.6 Å². The third-order valence-corrected chi connectivity index (χ3v) is 5.91. The molecule has 0 radical (unpaired) electrons. The van der Waals surface area contributed by atoms with Gasteiger partial charge in [0.2, 0.25) is 11.9 Å². The smallest absolute Gasteiger partial charge is 0.269 e. The van der Waals surface area contributed by atoms with Crippen molar-refractivity contribution in [2.24, 2.45) is 7.05 Å². The second-order valence-electron chi connectivity index (χ2n) is 8.31. The number of hydrogen-bond acceptors (Lipinski definition) is 8. The van der Waals surface area contributed by atoms with Gasteiger partial charge in [-0.2, -0.15) is 13.4 Å². The van der Waals surface area contributed by atoms with Crippen LogP contribution in [0.25, 0.3) is 11.0 Å². The van der Waals surface area contributed by atoms with Crippen LogP contribution in [-0.2, 0) is 22.9 Å². The first-order chi connectivity index (χ1) is 16.1. The lowest BCUT2D eigenvalue weighted by Gasteiger charge is -2.19. The van der Waals surface area contributed by atoms with Crippen molar-refractivity contribution in [1.29, 1.82) is 0 Å². The van der Waals surface area contributed by atoms with Crippen molar-refractivity contribution in [1.82, 2.24) is 19.5 Å². The molecule has 178 valence electrons. The van der Waals surface area contributed by atoms with Crippen LogP contribution in [0.2, 0.25) is 0 Å². The third-order valence-electron chi connectivity index (χ3n) is 5.21. The maximum atomic E-state index is 11.0. The largest absolute Gasteiger partial charge is 0.353 e. The Morgan fingerprint density at radius 1 is 1.09 bits per heavy atom. The van der Waals surface area contributed by atoms with E-state index in [2.05, 4.69) is 34.4 Å². The normalized spacial score (nSPS) is 11.7. The number of hydrogen-bond donors (Lipinski definition) is 3. The molecular weight excluding hydrogens is 454 g/mol. The molecule has 34 heavy (non-hydrogen) atoms. The fraction of sp³-hybridized carbons (Fsp3) is 0.261. The van der Waals surface area contributed by atoms with Crippen LogP contribution in [0.5, 0.6) is 0 Å². The molecule has 0 saturated carbocycles. The predicted octanol–water partition coefficient (Wildman–Crippen LogP) is 4.08. The monoisotopic (exact) mass is 481 g/mol. The molecule has 0 aliphatic carbocycles. The zero-order valence-electron chi connectivity index (χ0n) is 19.4. The highest BCUT2D eigenvalue weighted by Crippen LogP contribution is 2.28. The summed E-state index contributed by atoms with van der Waals surface area (Å²) < 4.78 is 33.1. The van der Waals surface area contributed by atoms with E-state index in [1.165, 1.54) is 0 Å². The van der Waals surface area contributed by atoms with Gasteiger partial charge in [0.05, 0.1) is 11.0 Å². The van der Waals surface area contributed by atoms with Crippen molar-refractivity contribution in [3.05, 3.63) is 60.3 Å². The summed E-state index contributed by atoms with van der Waals surface area (Å²) in [4.78, 5) is 15.5. The van der Waals surface area contributed by atoms with Crippen molar-refractivity contribution >= 4 is 50.2 Å². The van der Waals surface area contributed by atoms with E-state index in [0.29, 0.717) is 23.0 Å². The van der Waals surface area contributed by atoms with E-state index in [4.69, 9.17) is 9.54 Å². The fourth-order valence-corrected chi connectivity index (χ4v) is 4.15. The minimum atomic E-state index is -4.07. The lowest BCUT2D eigenvalue weighted by molar-refractivity contribution is 0.482. The molecule has 0 saturated heterocycles. The van der Waals surface area contributed by atoms with E-state index in [9.17, 15) is 8.42 Å². The van der Waals surface area contributed by atoms with Crippen molar-refractivity contribution in [3.63, 3.8) is 0 Å². The number of aryl methyl sites for hydroxylation is 1. The molecule has 2 aromatic heterocycles. The Labute approximate surface area is 198 Å². The van der Waals surface area contributed by atoms with Gasteiger partial charge in [-0.3, -0.25) is 4.55 Å². The average Bonchev–Trinajstić information content (AvgIpc) is 3.08. The Kier molecular flexibility index (Phi) is 6.40. The van der Waals surface area contributed by atoms with Crippen LogP contribution in [0.15, 0.2) is 54.7 Å². The summed E-state index contributed by atoms with van der Waals surface area (Å²) in [6.45, 7) is 4.15. The van der Waals surface area contributed by atoms with Crippen LogP contribution in [0.4, 0.5) is 29.1 Å². The molecule has 4 aromatic rings. The van der Waals surface area contributed by atoms with Gasteiger partial charge in [-0.05, 0) is 55.8 Å². The molecule has 11 heteroatoms. The van der Waals surface area contributed by atoms with Crippen molar-refractivity contribution in [2.45, 2.75) is 25.6 Å². The summed E-state index contributed by atoms with van der Waals surface area (Å²) in [7, 11) is -0.159. The lowest BCUT2D eigenvalue weighted by atomic mass is 10.2. The molecule has 0 aliphatic heterocycles. The number of benzene rings is 2. The molecule has 10 nitrogen and oxygen atoms in total. The maximum absolute atomic E-state index is 11.0. The summed E-state index contributed by atoms with van der Waals surface area (Å²) in [5.41, 5.74) is 4.02. The minimum Gasteiger partial charge on any atom is -0.353 e. The van der Waals surface area contributed by atoms with Crippen molar-refractivity contribution < 1.29 is 13.0 Å². The number of imidazole rings is 1. The summed E-state index contributed by atoms with van der Waals surface area (Å²) in [6.07, 6.45) is 1.66. The molecule has 0 amide bonds. The van der Waals surface area contributed by atoms with Crippen LogP contribution in [0.3, 0.4) is 0 Å². The van der Waals surface area contributed by atoms with Gasteiger partial charge in [0, 0.05) is 37.7 Å². The molecule has 3 N–H and O–H groups in total. The molecule has 0 spiro atoms. The standard InChI is InChI=1S/C23H27N7O3S/c1-15(2)25-23-27-19-13-18(9-10-20(19)30(23)4)29(3)21-11-12-24-22(28-21)26-17-7-5-16(6-8-17)14-34(31,32)33/h5-13,15H,14H2,1-4H3,(H,25,27)(H,24,26,28)(H,31,32,33). The number of anilines is 5. The van der Waals surface area contributed by atoms with E-state index in [0.717, 1.165) is 22.7 Å². The SMILES string of the molecule is CC(C)Nc1nc2cc(N(C)c3ccnc(Nc4ccc(CS(=O)(=O)O)cc4)n3)ccc2n1C. The topological polar surface area (TPSA) is 125 Å². The highest BCUT2D eigenvalue weighted by atomic mass is 32.2. The Morgan fingerprint density at radius 3 is 2.50 bits per heavy atom. The molecule has 0 atom stereocenters. The Morgan fingerprint density at radius 2 is 1.82 bits per heavy atom. The second kappa shape index (κ2) is 9.27. The van der Waals surface area contributed by atoms with Crippen LogP contribution in [0, 0.1) is 0 Å². The van der Waals surface area contributed by atoms with E-state index < -0.39 is 15.9 Å². The highest BCUT2D eigenvalue weighted by Gasteiger charge is 2.13. The summed E-state index contributed by atoms with van der Waals surface area (Å²) >= 11 is 0. The average molecular weight is 482 g/mol. The molecule has 4 rings (SSSR count). The number of nitrogens with zero attached hydrogens (tertiary/aromatic N) is 5. The molecule has 2 aromatic carbocycles. The van der Waals surface area contributed by atoms with E-state index in [1.54, 1.807) is 30.5 Å². The zero-order chi connectivity index (χ0) is 24.5. The van der Waals surface area contributed by atoms with Gasteiger partial charge in [0.25, 0.3) is 10.1 Å². The number of aromatic nitrogens is 4. The lowest BCUT2D eigenvalue weighted by Crippen LogP contribution is -2.13. The molecule has 0 bridgehead atoms. The Bertz CT molecular complexity index is 1420. The quantitative estimate of drug-likeness (QED) is 0.319. The predicted molar refractivity (Wildman–Crippen MR) is 135 cm³/mol. The fourth-order valence-electron chi connectivity index (χ4n) is 3.54. The first-order valence-corrected chi connectivity index (χ1v) is 12.3. The first kappa shape index (κ1) is 23.5. The molecular formula is C23H27N7O3S. The van der Waals surface area contributed by atoms with E-state index in [-0.39, 0.29) is 6.04 Å². The van der Waals surface area contributed by atoms with Crippen LogP contribution >= 0.6 is 0 Å². The highest BCUT2D eigenvalue weighted by molar-refractivity contribution is 7.85. The first-order valence-electron chi connectivity index (χ1n) is 10.7. The van der Waals surface area contributed by atoms with Crippen LogP contribution in [-0.4, -0.2) is 45.6 Å². The number of fused-ring (bicyclic) bond motifs is 1. The number of nitrogens with one attached hydrogen (secondary N) is 2. The maximum Gasteiger partial charge on any atom is 0.269 e. The van der Waals surface area contributed by atoms with Gasteiger partial charge < -0.3 is 20.1 Å². The number of rotatable bonds is 8. The molecule has 0 fully saturated rings. The Balaban J connectivity index is 1.53. The summed E-state index contributed by atoms with van der Waals surface area (Å²) in [5, 5.41) is 6.47. The van der Waals surface area contributed by atoms with Crippen molar-refractivity contribution in [2.75, 3.05) is 22.6 Å². The second-order valence-corrected chi connectivity index (χ2v) is 9.76. The molecule has 0 aliphatic rings. The van der Waals surface area contributed by atoms with Crippen LogP contribution in [0.1, 0.15) is 19.4 Å². The summed E-state index contributed by atoms with van der Waals surface area (Å²) in [6, 6.07) is 14.8. The summed E-state index contributed by atoms with van der Waals surface area (Å²) in [5.74, 6) is 1.48. The van der Waals surface area contributed by atoms with Crippen LogP contribution < -0.4 is 15.5 Å². The van der Waals surface area contributed by atoms with Gasteiger partial charge >= 0.3 is 0 Å². The molecule has 2 heterocycles. The Hall–Kier alpha value is -3.70. The third kappa shape index (κ3) is 5.43. The zero-order valence-corrected chi connectivity index (χ0v) is 20.2. The minimum absolute atomic E-state index is 0.281. The molecule has 0 unspecified atom stereocenters. The van der Waals surface area contributed by atoms with Gasteiger partial charge in [-0.25, -0.2) is 9.97 Å². The van der Waals surface area contributed by atoms with Gasteiger partial charge in [-0.1, -0.05) is 12.1 Å².